The van der Waals surface area contributed by atoms with Crippen molar-refractivity contribution in [1.82, 2.24) is 15.5 Å². The monoisotopic (exact) mass is 608 g/mol. The molecule has 0 fully saturated rings. The van der Waals surface area contributed by atoms with E-state index in [4.69, 9.17) is 21.6 Å². The molecule has 2 rings (SSSR count). The molecule has 2 aromatic rings. The van der Waals surface area contributed by atoms with Crippen molar-refractivity contribution in [3.05, 3.63) is 65.7 Å². The number of amides is 4. The zero-order valence-corrected chi connectivity index (χ0v) is 25.7. The number of benzene rings is 2. The maximum absolute atomic E-state index is 14.0. The van der Waals surface area contributed by atoms with E-state index in [9.17, 15) is 29.1 Å². The Labute approximate surface area is 257 Å². The van der Waals surface area contributed by atoms with Gasteiger partial charge in [-0.2, -0.15) is 0 Å². The highest BCUT2D eigenvalue weighted by Gasteiger charge is 2.38. The summed E-state index contributed by atoms with van der Waals surface area (Å²) in [5.41, 5.74) is 4.32. The second-order valence-electron chi connectivity index (χ2n) is 12.0. The minimum atomic E-state index is -1.63. The third kappa shape index (κ3) is 11.3. The first kappa shape index (κ1) is 35.1. The molecule has 5 N–H and O–H groups in total. The van der Waals surface area contributed by atoms with E-state index >= 15 is 0 Å². The predicted molar refractivity (Wildman–Crippen MR) is 161 cm³/mol. The number of phenolic OH excluding ortho intramolecular Hbond substituents is 1. The maximum atomic E-state index is 14.0. The van der Waals surface area contributed by atoms with Gasteiger partial charge in [0.1, 0.15) is 35.1 Å². The van der Waals surface area contributed by atoms with Crippen molar-refractivity contribution < 1.29 is 38.6 Å². The molecule has 0 aliphatic heterocycles. The molecule has 236 valence electrons. The first-order valence-electron chi connectivity index (χ1n) is 13.8. The smallest absolute Gasteiger partial charge is 0.408 e. The van der Waals surface area contributed by atoms with Gasteiger partial charge in [-0.1, -0.05) is 48.9 Å². The minimum absolute atomic E-state index is 0.0444. The van der Waals surface area contributed by atoms with Crippen molar-refractivity contribution in [2.24, 2.45) is 5.73 Å². The average molecular weight is 609 g/mol. The Morgan fingerprint density at radius 2 is 1.52 bits per heavy atom. The third-order valence-electron chi connectivity index (χ3n) is 5.75. The van der Waals surface area contributed by atoms with Crippen LogP contribution in [0.4, 0.5) is 4.79 Å². The highest BCUT2D eigenvalue weighted by atomic mass is 16.6. The van der Waals surface area contributed by atoms with Crippen molar-refractivity contribution in [3.8, 4) is 18.2 Å². The summed E-state index contributed by atoms with van der Waals surface area (Å²) in [6, 6.07) is 12.0. The molecule has 12 heteroatoms. The van der Waals surface area contributed by atoms with Gasteiger partial charge in [0.15, 0.2) is 0 Å². The van der Waals surface area contributed by atoms with Crippen LogP contribution in [0.2, 0.25) is 0 Å². The number of primary amides is 1. The molecule has 0 spiro atoms. The van der Waals surface area contributed by atoms with Crippen molar-refractivity contribution >= 4 is 29.8 Å². The molecule has 44 heavy (non-hydrogen) atoms. The number of carbonyl (C=O) groups is 5. The van der Waals surface area contributed by atoms with Crippen LogP contribution in [0, 0.1) is 12.5 Å². The zero-order valence-electron chi connectivity index (χ0n) is 25.7. The largest absolute Gasteiger partial charge is 0.508 e. The number of hydrogen-bond acceptors (Lipinski definition) is 8. The highest BCUT2D eigenvalue weighted by Crippen LogP contribution is 2.26. The summed E-state index contributed by atoms with van der Waals surface area (Å²) in [5, 5.41) is 15.1. The topological polar surface area (TPSA) is 177 Å². The Morgan fingerprint density at radius 1 is 0.909 bits per heavy atom. The van der Waals surface area contributed by atoms with Gasteiger partial charge >= 0.3 is 12.1 Å². The fraction of sp³-hybridized carbons (Fsp3) is 0.406. The van der Waals surface area contributed by atoms with Gasteiger partial charge in [0.05, 0.1) is 6.42 Å². The maximum Gasteiger partial charge on any atom is 0.408 e. The number of rotatable bonds is 11. The quantitative estimate of drug-likeness (QED) is 0.171. The zero-order chi connectivity index (χ0) is 33.2. The highest BCUT2D eigenvalue weighted by molar-refractivity contribution is 5.96. The summed E-state index contributed by atoms with van der Waals surface area (Å²) in [6.45, 7) is 9.84. The van der Waals surface area contributed by atoms with Gasteiger partial charge in [0.2, 0.25) is 11.8 Å². The van der Waals surface area contributed by atoms with E-state index < -0.39 is 65.5 Å². The molecule has 0 saturated carbocycles. The summed E-state index contributed by atoms with van der Waals surface area (Å²) in [6.07, 6.45) is 4.10. The van der Waals surface area contributed by atoms with E-state index in [0.29, 0.717) is 10.5 Å². The van der Waals surface area contributed by atoms with Gasteiger partial charge in [-0.3, -0.25) is 19.3 Å². The van der Waals surface area contributed by atoms with E-state index in [1.807, 2.05) is 0 Å². The molecule has 0 bridgehead atoms. The SMILES string of the molecule is C#CN(C(=O)C(CC(N)=O)NC(=O)OC(C)(C)C)C(C(=O)NC(Cc1ccccc1)C(=O)OC(C)(C)C)c1cccc(O)c1. The first-order valence-corrected chi connectivity index (χ1v) is 13.8. The second kappa shape index (κ2) is 14.9. The standard InChI is InChI=1S/C32H40N4O8/c1-8-36(28(40)23(19-25(33)38)35-30(42)44-32(5,6)7)26(21-15-12-16-22(37)18-21)27(39)34-24(29(41)43-31(2,3)4)17-20-13-10-9-11-14-20/h1,9-16,18,23-24,26,37H,17,19H2,2-7H3,(H2,33,38)(H,34,39)(H,35,42). The molecule has 0 radical (unpaired) electrons. The molecule has 3 atom stereocenters. The molecule has 2 aromatic carbocycles. The van der Waals surface area contributed by atoms with Gasteiger partial charge in [-0.05, 0) is 64.8 Å². The van der Waals surface area contributed by atoms with E-state index in [1.54, 1.807) is 71.9 Å². The molecule has 0 heterocycles. The summed E-state index contributed by atoms with van der Waals surface area (Å²) in [5.74, 6) is -3.86. The van der Waals surface area contributed by atoms with Crippen molar-refractivity contribution in [1.29, 1.82) is 0 Å². The van der Waals surface area contributed by atoms with E-state index in [-0.39, 0.29) is 17.7 Å². The Balaban J connectivity index is 2.54. The van der Waals surface area contributed by atoms with Crippen LogP contribution in [0.3, 0.4) is 0 Å². The fourth-order valence-corrected chi connectivity index (χ4v) is 4.06. The molecule has 0 aromatic heterocycles. The molecule has 0 aliphatic rings. The predicted octanol–water partition coefficient (Wildman–Crippen LogP) is 2.69. The Hall–Kier alpha value is -5.05. The van der Waals surface area contributed by atoms with Crippen LogP contribution in [0.25, 0.3) is 0 Å². The van der Waals surface area contributed by atoms with Gasteiger partial charge in [0.25, 0.3) is 5.91 Å². The number of esters is 1. The Kier molecular flexibility index (Phi) is 11.9. The molecular formula is C32H40N4O8. The van der Waals surface area contributed by atoms with Crippen molar-refractivity contribution in [3.63, 3.8) is 0 Å². The lowest BCUT2D eigenvalue weighted by atomic mass is 10.0. The van der Waals surface area contributed by atoms with Crippen LogP contribution >= 0.6 is 0 Å². The molecule has 12 nitrogen and oxygen atoms in total. The number of aromatic hydroxyl groups is 1. The van der Waals surface area contributed by atoms with Crippen LogP contribution in [-0.4, -0.2) is 63.1 Å². The lowest BCUT2D eigenvalue weighted by Gasteiger charge is -2.31. The summed E-state index contributed by atoms with van der Waals surface area (Å²) < 4.78 is 10.8. The Morgan fingerprint density at radius 3 is 2.05 bits per heavy atom. The third-order valence-corrected chi connectivity index (χ3v) is 5.75. The van der Waals surface area contributed by atoms with E-state index in [0.717, 1.165) is 0 Å². The van der Waals surface area contributed by atoms with Crippen LogP contribution < -0.4 is 16.4 Å². The summed E-state index contributed by atoms with van der Waals surface area (Å²) in [4.78, 5) is 66.1. The number of alkyl carbamates (subject to hydrolysis) is 1. The fourth-order valence-electron chi connectivity index (χ4n) is 4.06. The van der Waals surface area contributed by atoms with Gasteiger partial charge in [-0.25, -0.2) is 9.59 Å². The first-order chi connectivity index (χ1) is 20.4. The number of hydrogen-bond donors (Lipinski definition) is 4. The number of terminal acetylenes is 1. The molecular weight excluding hydrogens is 568 g/mol. The number of nitrogens with zero attached hydrogens (tertiary/aromatic N) is 1. The molecule has 0 saturated heterocycles. The van der Waals surface area contributed by atoms with E-state index in [2.05, 4.69) is 16.7 Å². The lowest BCUT2D eigenvalue weighted by molar-refractivity contribution is -0.159. The van der Waals surface area contributed by atoms with Crippen LogP contribution in [0.1, 0.15) is 65.1 Å². The van der Waals surface area contributed by atoms with Crippen LogP contribution in [0.5, 0.6) is 5.75 Å². The number of nitrogens with one attached hydrogen (secondary N) is 2. The van der Waals surface area contributed by atoms with Crippen LogP contribution in [0.15, 0.2) is 54.6 Å². The van der Waals surface area contributed by atoms with Crippen molar-refractivity contribution in [2.45, 2.75) is 83.7 Å². The van der Waals surface area contributed by atoms with Gasteiger partial charge in [0, 0.05) is 12.5 Å². The minimum Gasteiger partial charge on any atom is -0.508 e. The number of ether oxygens (including phenoxy) is 2. The number of carbonyl (C=O) groups excluding carboxylic acids is 5. The molecule has 3 unspecified atom stereocenters. The van der Waals surface area contributed by atoms with Gasteiger partial charge in [-0.15, -0.1) is 0 Å². The normalized spacial score (nSPS) is 13.3. The number of phenols is 1. The van der Waals surface area contributed by atoms with E-state index in [1.165, 1.54) is 24.3 Å². The Bertz CT molecular complexity index is 1390. The second-order valence-corrected chi connectivity index (χ2v) is 12.0. The average Bonchev–Trinajstić information content (AvgIpc) is 2.88. The van der Waals surface area contributed by atoms with Gasteiger partial charge < -0.3 is 30.9 Å². The van der Waals surface area contributed by atoms with Crippen LogP contribution in [-0.2, 0) is 35.1 Å². The lowest BCUT2D eigenvalue weighted by Crippen LogP contribution is -2.54. The summed E-state index contributed by atoms with van der Waals surface area (Å²) in [7, 11) is 0. The molecule has 4 amide bonds. The number of nitrogens with two attached hydrogens (primary N) is 1. The summed E-state index contributed by atoms with van der Waals surface area (Å²) >= 11 is 0. The van der Waals surface area contributed by atoms with Crippen molar-refractivity contribution in [2.75, 3.05) is 0 Å². The molecule has 0 aliphatic carbocycles.